The van der Waals surface area contributed by atoms with E-state index in [0.29, 0.717) is 17.1 Å². The van der Waals surface area contributed by atoms with E-state index in [4.69, 9.17) is 4.74 Å². The largest absolute Gasteiger partial charge is 0.483 e. The van der Waals surface area contributed by atoms with Crippen LogP contribution in [0.2, 0.25) is 0 Å². The molecule has 21 heavy (non-hydrogen) atoms. The van der Waals surface area contributed by atoms with Crippen LogP contribution in [-0.4, -0.2) is 21.9 Å². The zero-order valence-corrected chi connectivity index (χ0v) is 11.6. The minimum Gasteiger partial charge on any atom is -0.483 e. The number of carbonyl (C=O) groups is 1. The molecule has 106 valence electrons. The summed E-state index contributed by atoms with van der Waals surface area (Å²) in [4.78, 5) is 16.2. The zero-order chi connectivity index (χ0) is 14.7. The number of ether oxygens (including phenoxy) is 1. The Balaban J connectivity index is 1.67. The van der Waals surface area contributed by atoms with Crippen LogP contribution in [0.5, 0.6) is 5.75 Å². The number of pyridine rings is 1. The number of hydrogen-bond acceptors (Lipinski definition) is 3. The molecule has 0 spiro atoms. The van der Waals surface area contributed by atoms with Gasteiger partial charge >= 0.3 is 0 Å². The molecule has 1 N–H and O–H groups in total. The van der Waals surface area contributed by atoms with Gasteiger partial charge in [-0.2, -0.15) is 0 Å². The van der Waals surface area contributed by atoms with E-state index in [9.17, 15) is 4.79 Å². The van der Waals surface area contributed by atoms with Crippen LogP contribution in [0.1, 0.15) is 5.56 Å². The van der Waals surface area contributed by atoms with Gasteiger partial charge in [-0.1, -0.05) is 18.2 Å². The molecule has 0 saturated heterocycles. The fourth-order valence-electron chi connectivity index (χ4n) is 2.09. The van der Waals surface area contributed by atoms with Gasteiger partial charge < -0.3 is 14.5 Å². The Kier molecular flexibility index (Phi) is 3.55. The second-order valence-corrected chi connectivity index (χ2v) is 4.68. The lowest BCUT2D eigenvalue weighted by molar-refractivity contribution is -0.118. The highest BCUT2D eigenvalue weighted by molar-refractivity contribution is 5.95. The summed E-state index contributed by atoms with van der Waals surface area (Å²) in [5.74, 6) is 0.501. The second-order valence-electron chi connectivity index (χ2n) is 4.68. The summed E-state index contributed by atoms with van der Waals surface area (Å²) in [6, 6.07) is 11.3. The average molecular weight is 281 g/mol. The summed E-state index contributed by atoms with van der Waals surface area (Å²) in [5, 5.41) is 2.81. The minimum absolute atomic E-state index is 0.0351. The number of amides is 1. The quantitative estimate of drug-likeness (QED) is 0.800. The van der Waals surface area contributed by atoms with Crippen LogP contribution < -0.4 is 10.1 Å². The lowest BCUT2D eigenvalue weighted by atomic mass is 10.2. The lowest BCUT2D eigenvalue weighted by Gasteiger charge is -2.09. The van der Waals surface area contributed by atoms with E-state index in [2.05, 4.69) is 10.3 Å². The highest BCUT2D eigenvalue weighted by Crippen LogP contribution is 2.17. The predicted molar refractivity (Wildman–Crippen MR) is 80.5 cm³/mol. The van der Waals surface area contributed by atoms with Crippen LogP contribution in [0.25, 0.3) is 5.65 Å². The summed E-state index contributed by atoms with van der Waals surface area (Å²) in [6.45, 7) is 1.91. The molecule has 3 rings (SSSR count). The van der Waals surface area contributed by atoms with Crippen molar-refractivity contribution in [3.05, 3.63) is 60.6 Å². The van der Waals surface area contributed by atoms with E-state index in [0.717, 1.165) is 5.56 Å². The van der Waals surface area contributed by atoms with E-state index >= 15 is 0 Å². The predicted octanol–water partition coefficient (Wildman–Crippen LogP) is 2.66. The molecule has 0 aliphatic carbocycles. The maximum absolute atomic E-state index is 12.0. The Morgan fingerprint density at radius 2 is 2.10 bits per heavy atom. The highest BCUT2D eigenvalue weighted by Gasteiger charge is 2.08. The smallest absolute Gasteiger partial charge is 0.262 e. The van der Waals surface area contributed by atoms with Gasteiger partial charge in [0, 0.05) is 18.6 Å². The van der Waals surface area contributed by atoms with E-state index in [-0.39, 0.29) is 12.5 Å². The molecule has 3 aromatic rings. The van der Waals surface area contributed by atoms with E-state index in [1.807, 2.05) is 60.1 Å². The molecule has 0 radical (unpaired) electrons. The first-order chi connectivity index (χ1) is 10.2. The summed E-state index contributed by atoms with van der Waals surface area (Å²) in [5.41, 5.74) is 2.38. The first kappa shape index (κ1) is 13.2. The fourth-order valence-corrected chi connectivity index (χ4v) is 2.09. The summed E-state index contributed by atoms with van der Waals surface area (Å²) >= 11 is 0. The number of benzene rings is 1. The van der Waals surface area contributed by atoms with Gasteiger partial charge in [-0.05, 0) is 30.7 Å². The second kappa shape index (κ2) is 5.66. The zero-order valence-electron chi connectivity index (χ0n) is 11.6. The van der Waals surface area contributed by atoms with E-state index in [1.54, 1.807) is 6.20 Å². The number of nitrogens with zero attached hydrogens (tertiary/aromatic N) is 2. The van der Waals surface area contributed by atoms with Crippen LogP contribution in [0.4, 0.5) is 5.69 Å². The molecule has 5 nitrogen and oxygen atoms in total. The number of hydrogen-bond donors (Lipinski definition) is 1. The van der Waals surface area contributed by atoms with E-state index in [1.165, 1.54) is 0 Å². The Bertz CT molecular complexity index is 780. The van der Waals surface area contributed by atoms with Crippen LogP contribution in [0, 0.1) is 6.92 Å². The van der Waals surface area contributed by atoms with Gasteiger partial charge in [-0.3, -0.25) is 4.79 Å². The van der Waals surface area contributed by atoms with Crippen molar-refractivity contribution in [3.8, 4) is 5.75 Å². The van der Waals surface area contributed by atoms with Crippen molar-refractivity contribution in [1.29, 1.82) is 0 Å². The van der Waals surface area contributed by atoms with Gasteiger partial charge in [0.25, 0.3) is 5.91 Å². The first-order valence-electron chi connectivity index (χ1n) is 6.64. The fraction of sp³-hybridized carbons (Fsp3) is 0.125. The molecule has 2 aromatic heterocycles. The number of imidazole rings is 1. The van der Waals surface area contributed by atoms with Gasteiger partial charge in [0.05, 0.1) is 5.69 Å². The average Bonchev–Trinajstić information content (AvgIpc) is 2.96. The van der Waals surface area contributed by atoms with Crippen LogP contribution in [0.15, 0.2) is 55.0 Å². The van der Waals surface area contributed by atoms with Gasteiger partial charge in [0.15, 0.2) is 12.3 Å². The maximum Gasteiger partial charge on any atom is 0.262 e. The summed E-state index contributed by atoms with van der Waals surface area (Å²) < 4.78 is 7.37. The molecule has 0 aliphatic rings. The van der Waals surface area contributed by atoms with Crippen LogP contribution >= 0.6 is 0 Å². The van der Waals surface area contributed by atoms with Crippen molar-refractivity contribution in [2.75, 3.05) is 11.9 Å². The molecule has 1 aromatic carbocycles. The number of para-hydroxylation sites is 1. The first-order valence-corrected chi connectivity index (χ1v) is 6.64. The van der Waals surface area contributed by atoms with Gasteiger partial charge in [-0.15, -0.1) is 0 Å². The molecule has 0 aliphatic heterocycles. The van der Waals surface area contributed by atoms with Crippen LogP contribution in [0.3, 0.4) is 0 Å². The molecule has 1 amide bonds. The SMILES string of the molecule is Cc1ccccc1OCC(=O)Nc1cccn2ccnc12. The topological polar surface area (TPSA) is 55.6 Å². The molecule has 0 bridgehead atoms. The Labute approximate surface area is 122 Å². The van der Waals surface area contributed by atoms with Gasteiger partial charge in [0.1, 0.15) is 5.75 Å². The molecular formula is C16H15N3O2. The summed E-state index contributed by atoms with van der Waals surface area (Å²) in [6.07, 6.45) is 5.39. The normalized spacial score (nSPS) is 10.5. The number of anilines is 1. The molecule has 0 unspecified atom stereocenters. The Morgan fingerprint density at radius 3 is 2.95 bits per heavy atom. The van der Waals surface area contributed by atoms with E-state index < -0.39 is 0 Å². The number of carbonyl (C=O) groups excluding carboxylic acids is 1. The van der Waals surface area contributed by atoms with Crippen molar-refractivity contribution in [2.24, 2.45) is 0 Å². The minimum atomic E-state index is -0.214. The monoisotopic (exact) mass is 281 g/mol. The third-order valence-corrected chi connectivity index (χ3v) is 3.15. The number of fused-ring (bicyclic) bond motifs is 1. The molecule has 0 atom stereocenters. The van der Waals surface area contributed by atoms with Gasteiger partial charge in [0.2, 0.25) is 0 Å². The summed E-state index contributed by atoms with van der Waals surface area (Å²) in [7, 11) is 0. The Hall–Kier alpha value is -2.82. The Morgan fingerprint density at radius 1 is 1.24 bits per heavy atom. The van der Waals surface area contributed by atoms with Gasteiger partial charge in [-0.25, -0.2) is 4.98 Å². The molecule has 0 saturated carbocycles. The number of aryl methyl sites for hydroxylation is 1. The molecule has 5 heteroatoms. The highest BCUT2D eigenvalue weighted by atomic mass is 16.5. The van der Waals surface area contributed by atoms with Crippen molar-refractivity contribution in [2.45, 2.75) is 6.92 Å². The third-order valence-electron chi connectivity index (χ3n) is 3.15. The van der Waals surface area contributed by atoms with Crippen molar-refractivity contribution in [3.63, 3.8) is 0 Å². The number of rotatable bonds is 4. The lowest BCUT2D eigenvalue weighted by Crippen LogP contribution is -2.20. The maximum atomic E-state index is 12.0. The molecule has 0 fully saturated rings. The van der Waals surface area contributed by atoms with Crippen molar-refractivity contribution >= 4 is 17.2 Å². The standard InChI is InChI=1S/C16H15N3O2/c1-12-5-2-3-7-14(12)21-11-15(20)18-13-6-4-9-19-10-8-17-16(13)19/h2-10H,11H2,1H3,(H,18,20). The van der Waals surface area contributed by atoms with Crippen molar-refractivity contribution in [1.82, 2.24) is 9.38 Å². The molecular weight excluding hydrogens is 266 g/mol. The molecule has 2 heterocycles. The third kappa shape index (κ3) is 2.86. The number of aromatic nitrogens is 2. The van der Waals surface area contributed by atoms with Crippen molar-refractivity contribution < 1.29 is 9.53 Å². The van der Waals surface area contributed by atoms with Crippen LogP contribution in [-0.2, 0) is 4.79 Å². The number of nitrogens with one attached hydrogen (secondary N) is 1.